The molecule has 0 bridgehead atoms. The maximum absolute atomic E-state index is 9.84. The molecule has 5 nitrogen and oxygen atoms in total. The van der Waals surface area contributed by atoms with Crippen LogP contribution >= 0.6 is 15.9 Å². The van der Waals surface area contributed by atoms with Gasteiger partial charge >= 0.3 is 0 Å². The summed E-state index contributed by atoms with van der Waals surface area (Å²) >= 11 is 3.30. The first kappa shape index (κ1) is 13.2. The predicted octanol–water partition coefficient (Wildman–Crippen LogP) is 2.69. The molecule has 6 heteroatoms. The van der Waals surface area contributed by atoms with Gasteiger partial charge in [-0.1, -0.05) is 0 Å². The molecule has 0 saturated carbocycles. The molecule has 2 aromatic rings. The molecular formula is C14H14BrN3O2. The van der Waals surface area contributed by atoms with Crippen LogP contribution in [0.5, 0.6) is 11.5 Å². The van der Waals surface area contributed by atoms with Gasteiger partial charge in [0.1, 0.15) is 5.82 Å². The Labute approximate surface area is 124 Å². The second-order valence-electron chi connectivity index (χ2n) is 4.72. The fourth-order valence-electron chi connectivity index (χ4n) is 2.45. The first-order valence-electron chi connectivity index (χ1n) is 6.32. The summed E-state index contributed by atoms with van der Waals surface area (Å²) in [6, 6.07) is 3.46. The molecule has 0 fully saturated rings. The number of aromatic hydroxyl groups is 1. The summed E-state index contributed by atoms with van der Waals surface area (Å²) in [6.07, 6.45) is 2.95. The van der Waals surface area contributed by atoms with Gasteiger partial charge in [-0.3, -0.25) is 0 Å². The van der Waals surface area contributed by atoms with Crippen LogP contribution in [-0.4, -0.2) is 22.2 Å². The molecule has 1 aliphatic rings. The molecule has 0 unspecified atom stereocenters. The van der Waals surface area contributed by atoms with Crippen molar-refractivity contribution >= 4 is 21.7 Å². The number of fused-ring (bicyclic) bond motifs is 1. The lowest BCUT2D eigenvalue weighted by Gasteiger charge is -2.10. The highest BCUT2D eigenvalue weighted by Crippen LogP contribution is 2.38. The molecule has 1 heterocycles. The molecule has 0 amide bonds. The summed E-state index contributed by atoms with van der Waals surface area (Å²) in [5.41, 5.74) is 8.85. The van der Waals surface area contributed by atoms with Crippen molar-refractivity contribution in [2.75, 3.05) is 12.8 Å². The van der Waals surface area contributed by atoms with Crippen LogP contribution in [0.1, 0.15) is 17.7 Å². The summed E-state index contributed by atoms with van der Waals surface area (Å²) in [5, 5.41) is 9.84. The van der Waals surface area contributed by atoms with Gasteiger partial charge in [-0.05, 0) is 47.3 Å². The Morgan fingerprint density at radius 2 is 2.10 bits per heavy atom. The third kappa shape index (κ3) is 2.10. The van der Waals surface area contributed by atoms with E-state index in [9.17, 15) is 5.11 Å². The minimum Gasteiger partial charge on any atom is -0.503 e. The van der Waals surface area contributed by atoms with E-state index in [2.05, 4.69) is 25.9 Å². The maximum Gasteiger partial charge on any atom is 0.172 e. The summed E-state index contributed by atoms with van der Waals surface area (Å²) in [7, 11) is 1.50. The highest BCUT2D eigenvalue weighted by molar-refractivity contribution is 9.10. The van der Waals surface area contributed by atoms with Gasteiger partial charge in [0, 0.05) is 16.8 Å². The summed E-state index contributed by atoms with van der Waals surface area (Å²) in [6.45, 7) is 0. The number of ether oxygens (including phenoxy) is 1. The number of phenols is 1. The monoisotopic (exact) mass is 335 g/mol. The van der Waals surface area contributed by atoms with Crippen molar-refractivity contribution in [3.8, 4) is 22.9 Å². The van der Waals surface area contributed by atoms with Crippen LogP contribution in [0.25, 0.3) is 11.4 Å². The van der Waals surface area contributed by atoms with Crippen LogP contribution in [0.2, 0.25) is 0 Å². The van der Waals surface area contributed by atoms with E-state index in [0.717, 1.165) is 36.1 Å². The summed E-state index contributed by atoms with van der Waals surface area (Å²) in [4.78, 5) is 8.95. The summed E-state index contributed by atoms with van der Waals surface area (Å²) < 4.78 is 5.68. The van der Waals surface area contributed by atoms with Crippen LogP contribution in [0, 0.1) is 0 Å². The number of benzene rings is 1. The van der Waals surface area contributed by atoms with Gasteiger partial charge in [0.15, 0.2) is 17.3 Å². The molecule has 0 atom stereocenters. The number of halogens is 1. The highest BCUT2D eigenvalue weighted by Gasteiger charge is 2.19. The van der Waals surface area contributed by atoms with E-state index in [1.807, 2.05) is 0 Å². The number of nitrogen functional groups attached to an aromatic ring is 1. The number of aromatic nitrogens is 2. The van der Waals surface area contributed by atoms with Gasteiger partial charge in [-0.25, -0.2) is 9.97 Å². The van der Waals surface area contributed by atoms with Crippen LogP contribution in [-0.2, 0) is 12.8 Å². The van der Waals surface area contributed by atoms with Crippen molar-refractivity contribution in [3.05, 3.63) is 27.9 Å². The quantitative estimate of drug-likeness (QED) is 0.881. The van der Waals surface area contributed by atoms with Gasteiger partial charge in [-0.2, -0.15) is 0 Å². The Balaban J connectivity index is 2.14. The van der Waals surface area contributed by atoms with Crippen LogP contribution in [0.3, 0.4) is 0 Å². The molecule has 1 aromatic heterocycles. The van der Waals surface area contributed by atoms with Crippen molar-refractivity contribution < 1.29 is 9.84 Å². The van der Waals surface area contributed by atoms with E-state index in [1.165, 1.54) is 7.11 Å². The molecule has 0 radical (unpaired) electrons. The number of nitrogens with zero attached hydrogens (tertiary/aromatic N) is 2. The molecule has 1 aliphatic carbocycles. The topological polar surface area (TPSA) is 81.3 Å². The van der Waals surface area contributed by atoms with Crippen molar-refractivity contribution in [2.24, 2.45) is 0 Å². The average Bonchev–Trinajstić information content (AvgIpc) is 2.90. The fourth-order valence-corrected chi connectivity index (χ4v) is 2.89. The minimum absolute atomic E-state index is 0.0605. The van der Waals surface area contributed by atoms with E-state index in [0.29, 0.717) is 21.9 Å². The molecule has 0 saturated heterocycles. The Morgan fingerprint density at radius 1 is 1.30 bits per heavy atom. The SMILES string of the molecule is COc1cc(-c2nc(N)c3c(n2)CCC3)cc(Br)c1O. The van der Waals surface area contributed by atoms with Crippen molar-refractivity contribution in [1.29, 1.82) is 0 Å². The molecule has 0 aliphatic heterocycles. The Hall–Kier alpha value is -1.82. The van der Waals surface area contributed by atoms with Gasteiger partial charge in [0.05, 0.1) is 11.6 Å². The average molecular weight is 336 g/mol. The van der Waals surface area contributed by atoms with E-state index in [1.54, 1.807) is 12.1 Å². The van der Waals surface area contributed by atoms with Crippen molar-refractivity contribution in [1.82, 2.24) is 9.97 Å². The van der Waals surface area contributed by atoms with Crippen molar-refractivity contribution in [3.63, 3.8) is 0 Å². The summed E-state index contributed by atoms with van der Waals surface area (Å²) in [5.74, 6) is 1.54. The van der Waals surface area contributed by atoms with Gasteiger partial charge < -0.3 is 15.6 Å². The third-order valence-electron chi connectivity index (χ3n) is 3.47. The lowest BCUT2D eigenvalue weighted by Crippen LogP contribution is -2.03. The first-order valence-corrected chi connectivity index (χ1v) is 7.11. The van der Waals surface area contributed by atoms with Crippen LogP contribution in [0.4, 0.5) is 5.82 Å². The van der Waals surface area contributed by atoms with Gasteiger partial charge in [-0.15, -0.1) is 0 Å². The molecule has 0 spiro atoms. The third-order valence-corrected chi connectivity index (χ3v) is 4.08. The molecule has 1 aromatic carbocycles. The zero-order chi connectivity index (χ0) is 14.3. The highest BCUT2D eigenvalue weighted by atomic mass is 79.9. The Bertz CT molecular complexity index is 680. The molecular weight excluding hydrogens is 322 g/mol. The molecule has 20 heavy (non-hydrogen) atoms. The largest absolute Gasteiger partial charge is 0.503 e. The number of hydrogen-bond donors (Lipinski definition) is 2. The van der Waals surface area contributed by atoms with Crippen LogP contribution in [0.15, 0.2) is 16.6 Å². The lowest BCUT2D eigenvalue weighted by atomic mass is 10.1. The zero-order valence-corrected chi connectivity index (χ0v) is 12.6. The van der Waals surface area contributed by atoms with E-state index >= 15 is 0 Å². The standard InChI is InChI=1S/C14H14BrN3O2/c1-20-11-6-7(5-9(15)12(11)19)14-17-10-4-2-3-8(10)13(16)18-14/h5-6,19H,2-4H2,1H3,(H2,16,17,18). The van der Waals surface area contributed by atoms with E-state index in [4.69, 9.17) is 10.5 Å². The Kier molecular flexibility index (Phi) is 3.25. The maximum atomic E-state index is 9.84. The van der Waals surface area contributed by atoms with Gasteiger partial charge in [0.25, 0.3) is 0 Å². The van der Waals surface area contributed by atoms with Crippen LogP contribution < -0.4 is 10.5 Å². The number of phenolic OH excluding ortho intramolecular Hbond substituents is 1. The van der Waals surface area contributed by atoms with Crippen molar-refractivity contribution in [2.45, 2.75) is 19.3 Å². The minimum atomic E-state index is 0.0605. The van der Waals surface area contributed by atoms with E-state index in [-0.39, 0.29) is 5.75 Å². The first-order chi connectivity index (χ1) is 9.60. The number of nitrogens with two attached hydrogens (primary N) is 1. The predicted molar refractivity (Wildman–Crippen MR) is 79.8 cm³/mol. The smallest absolute Gasteiger partial charge is 0.172 e. The zero-order valence-electron chi connectivity index (χ0n) is 11.0. The molecule has 3 N–H and O–H groups in total. The number of methoxy groups -OCH3 is 1. The number of hydrogen-bond acceptors (Lipinski definition) is 5. The second kappa shape index (κ2) is 4.94. The Morgan fingerprint density at radius 3 is 2.85 bits per heavy atom. The van der Waals surface area contributed by atoms with Gasteiger partial charge in [0.2, 0.25) is 0 Å². The second-order valence-corrected chi connectivity index (χ2v) is 5.57. The number of anilines is 1. The fraction of sp³-hybridized carbons (Fsp3) is 0.286. The lowest BCUT2D eigenvalue weighted by molar-refractivity contribution is 0.372. The van der Waals surface area contributed by atoms with E-state index < -0.39 is 0 Å². The number of rotatable bonds is 2. The normalized spacial score (nSPS) is 13.3. The molecule has 104 valence electrons. The number of aryl methyl sites for hydroxylation is 1. The molecule has 3 rings (SSSR count).